The molecule has 1 aromatic heterocycles. The Balaban J connectivity index is 1.42. The molecule has 1 heterocycles. The lowest BCUT2D eigenvalue weighted by atomic mass is 10.2. The third-order valence-electron chi connectivity index (χ3n) is 3.81. The second kappa shape index (κ2) is 9.86. The van der Waals surface area contributed by atoms with Crippen LogP contribution in [0.15, 0.2) is 65.8 Å². The van der Waals surface area contributed by atoms with Gasteiger partial charge in [0.15, 0.2) is 16.1 Å². The molecule has 0 unspecified atom stereocenters. The van der Waals surface area contributed by atoms with Crippen molar-refractivity contribution in [3.8, 4) is 11.4 Å². The molecule has 0 fully saturated rings. The van der Waals surface area contributed by atoms with E-state index in [0.717, 1.165) is 17.0 Å². The van der Waals surface area contributed by atoms with Crippen molar-refractivity contribution in [3.05, 3.63) is 66.2 Å². The molecule has 9 heteroatoms. The van der Waals surface area contributed by atoms with Gasteiger partial charge in [-0.15, -0.1) is 10.2 Å². The zero-order chi connectivity index (χ0) is 19.8. The lowest BCUT2D eigenvalue weighted by molar-refractivity contribution is -0.119. The summed E-state index contributed by atoms with van der Waals surface area (Å²) in [6, 6.07) is 19.7. The Hall–Kier alpha value is -2.91. The number of carbonyl (C=O) groups is 1. The van der Waals surface area contributed by atoms with E-state index < -0.39 is 0 Å². The molecule has 0 saturated heterocycles. The van der Waals surface area contributed by atoms with E-state index in [1.165, 1.54) is 11.8 Å². The van der Waals surface area contributed by atoms with E-state index in [9.17, 15) is 4.79 Å². The molecular formula is C19H20N6OS2. The first-order valence-corrected chi connectivity index (χ1v) is 9.97. The summed E-state index contributed by atoms with van der Waals surface area (Å²) in [5.74, 6) is 0.737. The van der Waals surface area contributed by atoms with Crippen LogP contribution in [-0.2, 0) is 18.4 Å². The van der Waals surface area contributed by atoms with Crippen molar-refractivity contribution in [2.75, 3.05) is 5.75 Å². The summed E-state index contributed by atoms with van der Waals surface area (Å²) in [5, 5.41) is 12.4. The first-order chi connectivity index (χ1) is 13.6. The van der Waals surface area contributed by atoms with E-state index in [-0.39, 0.29) is 11.7 Å². The molecular weight excluding hydrogens is 392 g/mol. The summed E-state index contributed by atoms with van der Waals surface area (Å²) in [7, 11) is 1.88. The number of nitrogens with zero attached hydrogens (tertiary/aromatic N) is 3. The second-order valence-corrected chi connectivity index (χ2v) is 7.21. The van der Waals surface area contributed by atoms with Crippen LogP contribution in [0.3, 0.4) is 0 Å². The Bertz CT molecular complexity index is 930. The van der Waals surface area contributed by atoms with Crippen molar-refractivity contribution in [3.63, 3.8) is 0 Å². The molecule has 0 aliphatic rings. The zero-order valence-corrected chi connectivity index (χ0v) is 16.9. The predicted molar refractivity (Wildman–Crippen MR) is 114 cm³/mol. The minimum atomic E-state index is -0.210. The maximum absolute atomic E-state index is 12.0. The summed E-state index contributed by atoms with van der Waals surface area (Å²) in [4.78, 5) is 12.0. The summed E-state index contributed by atoms with van der Waals surface area (Å²) < 4.78 is 1.87. The predicted octanol–water partition coefficient (Wildman–Crippen LogP) is 2.27. The SMILES string of the molecule is Cn1c(SCC(=O)NNC(=S)NCc2ccccc2)nnc1-c1ccccc1. The van der Waals surface area contributed by atoms with Crippen LogP contribution in [0.1, 0.15) is 5.56 Å². The molecule has 3 N–H and O–H groups in total. The van der Waals surface area contributed by atoms with Gasteiger partial charge in [-0.3, -0.25) is 15.6 Å². The zero-order valence-electron chi connectivity index (χ0n) is 15.3. The van der Waals surface area contributed by atoms with Crippen LogP contribution in [0.25, 0.3) is 11.4 Å². The molecule has 0 spiro atoms. The molecule has 1 amide bonds. The summed E-state index contributed by atoms with van der Waals surface area (Å²) in [6.45, 7) is 0.582. The van der Waals surface area contributed by atoms with Crippen LogP contribution >= 0.6 is 24.0 Å². The van der Waals surface area contributed by atoms with Crippen LogP contribution in [0, 0.1) is 0 Å². The monoisotopic (exact) mass is 412 g/mol. The fourth-order valence-electron chi connectivity index (χ4n) is 2.39. The number of benzene rings is 2. The Labute approximate surface area is 172 Å². The number of aromatic nitrogens is 3. The topological polar surface area (TPSA) is 83.9 Å². The molecule has 2 aromatic carbocycles. The highest BCUT2D eigenvalue weighted by Crippen LogP contribution is 2.21. The van der Waals surface area contributed by atoms with Gasteiger partial charge >= 0.3 is 0 Å². The largest absolute Gasteiger partial charge is 0.357 e. The van der Waals surface area contributed by atoms with Crippen LogP contribution in [0.4, 0.5) is 0 Å². The fourth-order valence-corrected chi connectivity index (χ4v) is 3.23. The number of hydrazine groups is 1. The van der Waals surface area contributed by atoms with Gasteiger partial charge in [0.25, 0.3) is 0 Å². The Kier molecular flexibility index (Phi) is 6.99. The van der Waals surface area contributed by atoms with Crippen molar-refractivity contribution >= 4 is 35.0 Å². The fraction of sp³-hybridized carbons (Fsp3) is 0.158. The van der Waals surface area contributed by atoms with Gasteiger partial charge in [0, 0.05) is 19.2 Å². The highest BCUT2D eigenvalue weighted by molar-refractivity contribution is 7.99. The van der Waals surface area contributed by atoms with Crippen molar-refractivity contribution in [1.82, 2.24) is 30.9 Å². The van der Waals surface area contributed by atoms with Gasteiger partial charge in [-0.1, -0.05) is 72.4 Å². The molecule has 7 nitrogen and oxygen atoms in total. The van der Waals surface area contributed by atoms with E-state index >= 15 is 0 Å². The average molecular weight is 413 g/mol. The van der Waals surface area contributed by atoms with E-state index in [2.05, 4.69) is 26.4 Å². The second-order valence-electron chi connectivity index (χ2n) is 5.86. The van der Waals surface area contributed by atoms with E-state index in [4.69, 9.17) is 12.2 Å². The highest BCUT2D eigenvalue weighted by Gasteiger charge is 2.12. The normalized spacial score (nSPS) is 10.3. The van der Waals surface area contributed by atoms with Gasteiger partial charge in [0.05, 0.1) is 5.75 Å². The third kappa shape index (κ3) is 5.54. The number of thiocarbonyl (C=S) groups is 1. The average Bonchev–Trinajstić information content (AvgIpc) is 3.11. The van der Waals surface area contributed by atoms with Crippen molar-refractivity contribution in [1.29, 1.82) is 0 Å². The van der Waals surface area contributed by atoms with Crippen LogP contribution in [-0.4, -0.2) is 31.5 Å². The molecule has 3 rings (SSSR count). The lowest BCUT2D eigenvalue weighted by Crippen LogP contribution is -2.47. The molecule has 0 aliphatic carbocycles. The molecule has 0 radical (unpaired) electrons. The number of amides is 1. The first-order valence-electron chi connectivity index (χ1n) is 8.57. The van der Waals surface area contributed by atoms with E-state index in [0.29, 0.717) is 16.8 Å². The summed E-state index contributed by atoms with van der Waals surface area (Å²) in [6.07, 6.45) is 0. The standard InChI is InChI=1S/C19H20N6OS2/c1-25-17(15-10-6-3-7-11-15)22-24-19(25)28-13-16(26)21-23-18(27)20-12-14-8-4-2-5-9-14/h2-11H,12-13H2,1H3,(H,21,26)(H2,20,23,27). The maximum Gasteiger partial charge on any atom is 0.248 e. The van der Waals surface area contributed by atoms with Gasteiger partial charge in [-0.25, -0.2) is 0 Å². The minimum Gasteiger partial charge on any atom is -0.357 e. The third-order valence-corrected chi connectivity index (χ3v) is 5.08. The summed E-state index contributed by atoms with van der Waals surface area (Å²) in [5.41, 5.74) is 7.35. The molecule has 3 aromatic rings. The number of hydrogen-bond donors (Lipinski definition) is 3. The highest BCUT2D eigenvalue weighted by atomic mass is 32.2. The quantitative estimate of drug-likeness (QED) is 0.325. The molecule has 144 valence electrons. The van der Waals surface area contributed by atoms with Gasteiger partial charge in [-0.05, 0) is 17.8 Å². The van der Waals surface area contributed by atoms with Crippen molar-refractivity contribution < 1.29 is 4.79 Å². The molecule has 0 aliphatic heterocycles. The molecule has 0 atom stereocenters. The Morgan fingerprint density at radius 2 is 1.71 bits per heavy atom. The number of hydrogen-bond acceptors (Lipinski definition) is 5. The van der Waals surface area contributed by atoms with Gasteiger partial charge in [0.2, 0.25) is 5.91 Å². The van der Waals surface area contributed by atoms with Crippen LogP contribution in [0.5, 0.6) is 0 Å². The molecule has 28 heavy (non-hydrogen) atoms. The number of rotatable bonds is 6. The van der Waals surface area contributed by atoms with Gasteiger partial charge in [-0.2, -0.15) is 0 Å². The number of nitrogens with one attached hydrogen (secondary N) is 3. The minimum absolute atomic E-state index is 0.190. The smallest absolute Gasteiger partial charge is 0.248 e. The molecule has 0 saturated carbocycles. The maximum atomic E-state index is 12.0. The van der Waals surface area contributed by atoms with Gasteiger partial charge < -0.3 is 9.88 Å². The first kappa shape index (κ1) is 19.8. The van der Waals surface area contributed by atoms with Crippen LogP contribution in [0.2, 0.25) is 0 Å². The number of carbonyl (C=O) groups excluding carboxylic acids is 1. The van der Waals surface area contributed by atoms with Crippen molar-refractivity contribution in [2.24, 2.45) is 7.05 Å². The Morgan fingerprint density at radius 3 is 2.43 bits per heavy atom. The Morgan fingerprint density at radius 1 is 1.04 bits per heavy atom. The lowest BCUT2D eigenvalue weighted by Gasteiger charge is -2.11. The van der Waals surface area contributed by atoms with E-state index in [1.807, 2.05) is 72.3 Å². The molecule has 0 bridgehead atoms. The van der Waals surface area contributed by atoms with Crippen LogP contribution < -0.4 is 16.2 Å². The summed E-state index contributed by atoms with van der Waals surface area (Å²) >= 11 is 6.46. The van der Waals surface area contributed by atoms with Gasteiger partial charge in [0.1, 0.15) is 0 Å². The van der Waals surface area contributed by atoms with Crippen molar-refractivity contribution in [2.45, 2.75) is 11.7 Å². The van der Waals surface area contributed by atoms with E-state index in [1.54, 1.807) is 0 Å². The number of thioether (sulfide) groups is 1.